The topological polar surface area (TPSA) is 83.2 Å². The number of aryl methyl sites for hydroxylation is 2. The van der Waals surface area contributed by atoms with Crippen LogP contribution >= 0.6 is 15.9 Å². The molecule has 28 heavy (non-hydrogen) atoms. The largest absolute Gasteiger partial charge is 0.437 e. The zero-order chi connectivity index (χ0) is 19.7. The summed E-state index contributed by atoms with van der Waals surface area (Å²) < 4.78 is 12.7. The van der Waals surface area contributed by atoms with Crippen LogP contribution in [0.25, 0.3) is 10.9 Å². The fourth-order valence-electron chi connectivity index (χ4n) is 2.71. The second kappa shape index (κ2) is 7.44. The maximum absolute atomic E-state index is 6.22. The molecule has 0 unspecified atom stereocenters. The number of fused-ring (bicyclic) bond motifs is 1. The Balaban J connectivity index is 1.68. The van der Waals surface area contributed by atoms with E-state index in [9.17, 15) is 0 Å². The molecule has 0 bridgehead atoms. The highest BCUT2D eigenvalue weighted by atomic mass is 79.9. The van der Waals surface area contributed by atoms with Crippen LogP contribution in [-0.4, -0.2) is 15.0 Å². The highest BCUT2D eigenvalue weighted by Crippen LogP contribution is 2.37. The number of nitrogen functional groups attached to an aromatic ring is 1. The van der Waals surface area contributed by atoms with Gasteiger partial charge in [0.2, 0.25) is 11.8 Å². The van der Waals surface area contributed by atoms with Crippen LogP contribution < -0.4 is 15.2 Å². The van der Waals surface area contributed by atoms with Crippen molar-refractivity contribution < 1.29 is 9.47 Å². The Labute approximate surface area is 170 Å². The summed E-state index contributed by atoms with van der Waals surface area (Å²) in [5.41, 5.74) is 9.43. The van der Waals surface area contributed by atoms with Crippen LogP contribution in [0.4, 0.5) is 5.69 Å². The lowest BCUT2D eigenvalue weighted by molar-refractivity contribution is 0.440. The van der Waals surface area contributed by atoms with E-state index < -0.39 is 0 Å². The quantitative estimate of drug-likeness (QED) is 0.449. The monoisotopic (exact) mass is 436 g/mol. The van der Waals surface area contributed by atoms with E-state index >= 15 is 0 Å². The van der Waals surface area contributed by atoms with Crippen LogP contribution in [0.2, 0.25) is 0 Å². The van der Waals surface area contributed by atoms with Gasteiger partial charge in [-0.2, -0.15) is 9.97 Å². The first-order chi connectivity index (χ1) is 13.5. The molecule has 7 heteroatoms. The van der Waals surface area contributed by atoms with Gasteiger partial charge in [-0.3, -0.25) is 4.98 Å². The molecule has 6 nitrogen and oxygen atoms in total. The number of hydrogen-bond donors (Lipinski definition) is 1. The molecule has 2 aromatic heterocycles. The van der Waals surface area contributed by atoms with Crippen molar-refractivity contribution >= 4 is 32.5 Å². The maximum atomic E-state index is 6.22. The molecule has 140 valence electrons. The van der Waals surface area contributed by atoms with E-state index in [4.69, 9.17) is 15.2 Å². The fourth-order valence-corrected chi connectivity index (χ4v) is 3.17. The van der Waals surface area contributed by atoms with Crippen LogP contribution in [0.3, 0.4) is 0 Å². The molecule has 2 aromatic carbocycles. The number of halogens is 1. The number of hydrogen-bond acceptors (Lipinski definition) is 6. The number of rotatable bonds is 4. The molecule has 0 saturated heterocycles. The number of nitrogens with two attached hydrogens (primary N) is 1. The Morgan fingerprint density at radius 1 is 0.893 bits per heavy atom. The highest BCUT2D eigenvalue weighted by molar-refractivity contribution is 9.10. The summed E-state index contributed by atoms with van der Waals surface area (Å²) in [5.74, 6) is 1.64. The van der Waals surface area contributed by atoms with Crippen molar-refractivity contribution in [1.29, 1.82) is 0 Å². The molecular weight excluding hydrogens is 420 g/mol. The Morgan fingerprint density at radius 3 is 2.46 bits per heavy atom. The van der Waals surface area contributed by atoms with Gasteiger partial charge in [0.15, 0.2) is 11.4 Å². The molecule has 0 fully saturated rings. The lowest BCUT2D eigenvalue weighted by Crippen LogP contribution is -2.01. The van der Waals surface area contributed by atoms with Gasteiger partial charge < -0.3 is 15.2 Å². The Hall–Kier alpha value is -3.19. The summed E-state index contributed by atoms with van der Waals surface area (Å²) in [6.45, 7) is 4.06. The summed E-state index contributed by atoms with van der Waals surface area (Å²) in [7, 11) is 0. The molecule has 0 amide bonds. The van der Waals surface area contributed by atoms with Crippen molar-refractivity contribution in [3.05, 3.63) is 70.6 Å². The van der Waals surface area contributed by atoms with E-state index in [0.29, 0.717) is 17.0 Å². The highest BCUT2D eigenvalue weighted by Gasteiger charge is 2.15. The third kappa shape index (κ3) is 3.48. The van der Waals surface area contributed by atoms with Gasteiger partial charge in [-0.1, -0.05) is 28.1 Å². The van der Waals surface area contributed by atoms with E-state index in [1.165, 1.54) is 11.9 Å². The number of aromatic nitrogens is 3. The molecule has 2 N–H and O–H groups in total. The molecule has 0 aliphatic rings. The molecule has 4 rings (SSSR count). The number of ether oxygens (including phenoxy) is 2. The predicted octanol–water partition coefficient (Wildman–Crippen LogP) is 5.57. The molecular formula is C21H17BrN4O2. The van der Waals surface area contributed by atoms with Gasteiger partial charge in [0.25, 0.3) is 0 Å². The van der Waals surface area contributed by atoms with Gasteiger partial charge in [0.05, 0.1) is 0 Å². The number of nitrogens with zero attached hydrogens (tertiary/aromatic N) is 3. The van der Waals surface area contributed by atoms with Crippen molar-refractivity contribution in [3.8, 4) is 23.3 Å². The van der Waals surface area contributed by atoms with Crippen molar-refractivity contribution in [2.45, 2.75) is 13.8 Å². The molecule has 0 spiro atoms. The lowest BCUT2D eigenvalue weighted by atomic mass is 10.1. The minimum absolute atomic E-state index is 0.211. The minimum atomic E-state index is 0.211. The summed E-state index contributed by atoms with van der Waals surface area (Å²) in [6, 6.07) is 13.3. The van der Waals surface area contributed by atoms with Crippen LogP contribution in [0, 0.1) is 13.8 Å². The van der Waals surface area contributed by atoms with Crippen LogP contribution in [-0.2, 0) is 0 Å². The number of anilines is 1. The summed E-state index contributed by atoms with van der Waals surface area (Å²) in [6.07, 6.45) is 3.07. The van der Waals surface area contributed by atoms with Gasteiger partial charge in [-0.15, -0.1) is 0 Å². The van der Waals surface area contributed by atoms with E-state index in [-0.39, 0.29) is 17.4 Å². The van der Waals surface area contributed by atoms with E-state index in [0.717, 1.165) is 15.4 Å². The smallest absolute Gasteiger partial charge is 0.249 e. The van der Waals surface area contributed by atoms with Crippen molar-refractivity contribution in [2.24, 2.45) is 0 Å². The van der Waals surface area contributed by atoms with Crippen molar-refractivity contribution in [1.82, 2.24) is 15.0 Å². The summed E-state index contributed by atoms with van der Waals surface area (Å²) in [5, 5.41) is 0.930. The Morgan fingerprint density at radius 2 is 1.68 bits per heavy atom. The first-order valence-electron chi connectivity index (χ1n) is 8.59. The first kappa shape index (κ1) is 18.2. The van der Waals surface area contributed by atoms with Gasteiger partial charge in [0.1, 0.15) is 17.6 Å². The third-order valence-electron chi connectivity index (χ3n) is 4.39. The molecule has 0 atom stereocenters. The second-order valence-electron chi connectivity index (χ2n) is 6.29. The molecule has 0 saturated carbocycles. The fraction of sp³-hybridized carbons (Fsp3) is 0.0952. The Kier molecular flexibility index (Phi) is 4.83. The zero-order valence-electron chi connectivity index (χ0n) is 15.3. The average molecular weight is 437 g/mol. The van der Waals surface area contributed by atoms with Crippen LogP contribution in [0.1, 0.15) is 11.1 Å². The molecule has 2 heterocycles. The lowest BCUT2D eigenvalue weighted by Gasteiger charge is -2.13. The first-order valence-corrected chi connectivity index (χ1v) is 9.39. The predicted molar refractivity (Wildman–Crippen MR) is 112 cm³/mol. The number of benzene rings is 2. The third-order valence-corrected chi connectivity index (χ3v) is 5.08. The normalized spacial score (nSPS) is 10.8. The van der Waals surface area contributed by atoms with E-state index in [2.05, 4.69) is 30.9 Å². The SMILES string of the molecule is Cc1ccc(Oc2ncnc(Oc3ccc(Br)c4cccnc34)c2N)cc1C. The van der Waals surface area contributed by atoms with Gasteiger partial charge in [0, 0.05) is 16.1 Å². The van der Waals surface area contributed by atoms with Crippen LogP contribution in [0.5, 0.6) is 23.3 Å². The minimum Gasteiger partial charge on any atom is -0.437 e. The maximum Gasteiger partial charge on any atom is 0.249 e. The molecule has 4 aromatic rings. The van der Waals surface area contributed by atoms with E-state index in [1.54, 1.807) is 6.20 Å². The summed E-state index contributed by atoms with van der Waals surface area (Å²) >= 11 is 3.52. The number of pyridine rings is 1. The van der Waals surface area contributed by atoms with Crippen molar-refractivity contribution in [2.75, 3.05) is 5.73 Å². The van der Waals surface area contributed by atoms with E-state index in [1.807, 2.05) is 56.3 Å². The average Bonchev–Trinajstić information content (AvgIpc) is 2.70. The van der Waals surface area contributed by atoms with Gasteiger partial charge in [-0.25, -0.2) is 0 Å². The van der Waals surface area contributed by atoms with Gasteiger partial charge >= 0.3 is 0 Å². The molecule has 0 aliphatic carbocycles. The van der Waals surface area contributed by atoms with Gasteiger partial charge in [-0.05, 0) is 55.3 Å². The standard InChI is InChI=1S/C21H17BrN4O2/c1-12-5-6-14(10-13(12)2)27-20-18(23)21(26-11-25-20)28-17-8-7-16(22)15-4-3-9-24-19(15)17/h3-11H,23H2,1-2H3. The summed E-state index contributed by atoms with van der Waals surface area (Å²) in [4.78, 5) is 12.7. The molecule has 0 aliphatic heterocycles. The van der Waals surface area contributed by atoms with Crippen LogP contribution in [0.15, 0.2) is 59.5 Å². The zero-order valence-corrected chi connectivity index (χ0v) is 16.9. The Bertz CT molecular complexity index is 1180. The van der Waals surface area contributed by atoms with Crippen molar-refractivity contribution in [3.63, 3.8) is 0 Å². The molecule has 0 radical (unpaired) electrons. The second-order valence-corrected chi connectivity index (χ2v) is 7.15.